The van der Waals surface area contributed by atoms with E-state index in [-0.39, 0.29) is 18.6 Å². The Morgan fingerprint density at radius 2 is 2.06 bits per heavy atom. The lowest BCUT2D eigenvalue weighted by Crippen LogP contribution is -2.33. The van der Waals surface area contributed by atoms with Crippen LogP contribution in [-0.2, 0) is 13.9 Å². The molecule has 15 heteroatoms. The Labute approximate surface area is 202 Å². The van der Waals surface area contributed by atoms with Crippen molar-refractivity contribution in [3.63, 3.8) is 0 Å². The van der Waals surface area contributed by atoms with E-state index in [1.807, 2.05) is 24.5 Å². The van der Waals surface area contributed by atoms with E-state index < -0.39 is 27.4 Å². The van der Waals surface area contributed by atoms with Gasteiger partial charge in [-0.15, -0.1) is 0 Å². The molecule has 0 amide bonds. The Morgan fingerprint density at radius 3 is 2.65 bits per heavy atom. The standard InChI is InChI=1S/C19H25ClN6O6P2/c1-4-13(9-32-19(27,33-28)34(29,30)31)23-18-24-16(22-14-7-5-6-12(20)8-14)15-17(25-18)26(10-21-15)11(2)3/h5-8,10-11,13,27H,4,9H2,1-3H3,(H2,29,30,31)(H2,22,23,24,25). The second-order valence-corrected chi connectivity index (χ2v) is 11.0. The largest absolute Gasteiger partial charge is 0.397 e. The van der Waals surface area contributed by atoms with E-state index in [2.05, 4.69) is 25.6 Å². The summed E-state index contributed by atoms with van der Waals surface area (Å²) in [5.74, 6) is 0.601. The number of hydrogen-bond donors (Lipinski definition) is 5. The summed E-state index contributed by atoms with van der Waals surface area (Å²) in [6, 6.07) is 6.57. The average molecular weight is 531 g/mol. The van der Waals surface area contributed by atoms with Crippen LogP contribution in [0.15, 0.2) is 30.6 Å². The first-order chi connectivity index (χ1) is 16.0. The lowest BCUT2D eigenvalue weighted by molar-refractivity contribution is -0.0904. The fourth-order valence-electron chi connectivity index (χ4n) is 2.97. The molecule has 5 N–H and O–H groups in total. The average Bonchev–Trinajstić information content (AvgIpc) is 3.20. The summed E-state index contributed by atoms with van der Waals surface area (Å²) in [6.45, 7) is 5.37. The van der Waals surface area contributed by atoms with Crippen LogP contribution < -0.4 is 10.6 Å². The summed E-state index contributed by atoms with van der Waals surface area (Å²) in [7, 11) is -6.46. The maximum atomic E-state index is 11.4. The first-order valence-corrected chi connectivity index (χ1v) is 13.1. The second-order valence-electron chi connectivity index (χ2n) is 7.72. The molecule has 2 heterocycles. The van der Waals surface area contributed by atoms with Gasteiger partial charge >= 0.3 is 12.9 Å². The van der Waals surface area contributed by atoms with Gasteiger partial charge in [0.2, 0.25) is 14.4 Å². The molecule has 0 aliphatic heterocycles. The molecule has 0 saturated heterocycles. The first-order valence-electron chi connectivity index (χ1n) is 10.3. The number of anilines is 3. The van der Waals surface area contributed by atoms with Gasteiger partial charge in [0, 0.05) is 16.8 Å². The molecule has 0 spiro atoms. The minimum absolute atomic E-state index is 0.0615. The summed E-state index contributed by atoms with van der Waals surface area (Å²) in [5, 5.41) is 13.5. The SMILES string of the molecule is CCC(COC(O)(P=O)P(=O)(O)O)Nc1nc(Nc2cccc(Cl)c2)c2ncn(C(C)C)c2n1. The number of rotatable bonds is 11. The van der Waals surface area contributed by atoms with E-state index >= 15 is 0 Å². The molecule has 0 aliphatic carbocycles. The van der Waals surface area contributed by atoms with Gasteiger partial charge in [0.15, 0.2) is 17.0 Å². The van der Waals surface area contributed by atoms with Crippen LogP contribution in [0.25, 0.3) is 11.2 Å². The molecule has 0 saturated carbocycles. The molecular weight excluding hydrogens is 506 g/mol. The second kappa shape index (κ2) is 10.6. The van der Waals surface area contributed by atoms with Crippen LogP contribution in [0.1, 0.15) is 33.2 Å². The van der Waals surface area contributed by atoms with Gasteiger partial charge in [0.05, 0.1) is 19.0 Å². The van der Waals surface area contributed by atoms with Gasteiger partial charge in [-0.25, -0.2) is 4.98 Å². The third-order valence-corrected chi connectivity index (χ3v) is 7.38. The van der Waals surface area contributed by atoms with Gasteiger partial charge in [-0.05, 0) is 38.5 Å². The molecule has 3 aromatic rings. The van der Waals surface area contributed by atoms with Crippen molar-refractivity contribution >= 4 is 56.3 Å². The zero-order valence-corrected chi connectivity index (χ0v) is 21.1. The highest BCUT2D eigenvalue weighted by Crippen LogP contribution is 2.55. The van der Waals surface area contributed by atoms with E-state index in [0.29, 0.717) is 34.1 Å². The van der Waals surface area contributed by atoms with Gasteiger partial charge in [-0.2, -0.15) is 9.97 Å². The molecule has 0 aliphatic rings. The van der Waals surface area contributed by atoms with E-state index in [1.54, 1.807) is 31.5 Å². The molecular formula is C19H25ClN6O6P2. The molecule has 12 nitrogen and oxygen atoms in total. The van der Waals surface area contributed by atoms with Gasteiger partial charge < -0.3 is 34.8 Å². The highest BCUT2D eigenvalue weighted by atomic mass is 35.5. The number of halogens is 1. The number of imidazole rings is 1. The zero-order valence-electron chi connectivity index (χ0n) is 18.6. The third kappa shape index (κ3) is 5.90. The molecule has 0 bridgehead atoms. The number of fused-ring (bicyclic) bond motifs is 1. The van der Waals surface area contributed by atoms with E-state index in [1.165, 1.54) is 0 Å². The maximum absolute atomic E-state index is 11.4. The summed E-state index contributed by atoms with van der Waals surface area (Å²) in [6.07, 6.45) is 2.07. The van der Waals surface area contributed by atoms with Gasteiger partial charge in [-0.1, -0.05) is 24.6 Å². The fraction of sp³-hybridized carbons (Fsp3) is 0.421. The number of nitrogens with one attached hydrogen (secondary N) is 2. The number of aromatic nitrogens is 4. The Balaban J connectivity index is 1.93. The quantitative estimate of drug-likeness (QED) is 0.178. The first kappa shape index (κ1) is 26.4. The van der Waals surface area contributed by atoms with Crippen molar-refractivity contribution < 1.29 is 28.8 Å². The topological polar surface area (TPSA) is 172 Å². The zero-order chi connectivity index (χ0) is 25.1. The third-order valence-electron chi connectivity index (χ3n) is 4.87. The van der Waals surface area contributed by atoms with Crippen molar-refractivity contribution in [2.24, 2.45) is 0 Å². The smallest absolute Gasteiger partial charge is 0.349 e. The summed E-state index contributed by atoms with van der Waals surface area (Å²) in [5.41, 5.74) is 1.77. The van der Waals surface area contributed by atoms with Crippen LogP contribution in [-0.4, -0.2) is 52.3 Å². The minimum Gasteiger partial charge on any atom is -0.349 e. The van der Waals surface area contributed by atoms with Gasteiger partial charge in [0.1, 0.15) is 0 Å². The number of nitrogens with zero attached hydrogens (tertiary/aromatic N) is 4. The lowest BCUT2D eigenvalue weighted by atomic mass is 10.2. The Morgan fingerprint density at radius 1 is 1.32 bits per heavy atom. The van der Waals surface area contributed by atoms with Crippen molar-refractivity contribution in [3.05, 3.63) is 35.6 Å². The van der Waals surface area contributed by atoms with Crippen molar-refractivity contribution in [2.75, 3.05) is 17.2 Å². The molecule has 0 fully saturated rings. The number of aliphatic hydroxyl groups is 1. The van der Waals surface area contributed by atoms with Gasteiger partial charge in [-0.3, -0.25) is 9.13 Å². The van der Waals surface area contributed by atoms with Crippen molar-refractivity contribution in [3.8, 4) is 0 Å². The predicted molar refractivity (Wildman–Crippen MR) is 129 cm³/mol. The van der Waals surface area contributed by atoms with Crippen LogP contribution in [0.4, 0.5) is 17.5 Å². The van der Waals surface area contributed by atoms with Crippen LogP contribution in [0.3, 0.4) is 0 Å². The van der Waals surface area contributed by atoms with Crippen LogP contribution in [0.5, 0.6) is 0 Å². The molecule has 184 valence electrons. The van der Waals surface area contributed by atoms with Crippen LogP contribution in [0.2, 0.25) is 5.02 Å². The highest BCUT2D eigenvalue weighted by Gasteiger charge is 2.49. The van der Waals surface area contributed by atoms with E-state index in [4.69, 9.17) is 16.3 Å². The molecule has 2 aromatic heterocycles. The fourth-order valence-corrected chi connectivity index (χ4v) is 3.95. The number of hydrogen-bond acceptors (Lipinski definition) is 9. The molecule has 1 aromatic carbocycles. The van der Waals surface area contributed by atoms with Crippen molar-refractivity contribution in [1.82, 2.24) is 19.5 Å². The minimum atomic E-state index is -5.21. The summed E-state index contributed by atoms with van der Waals surface area (Å²) < 4.78 is 29.4. The van der Waals surface area contributed by atoms with Crippen LogP contribution >= 0.6 is 27.7 Å². The lowest BCUT2D eigenvalue weighted by Gasteiger charge is -2.25. The van der Waals surface area contributed by atoms with Gasteiger partial charge in [0.25, 0.3) is 0 Å². The normalized spacial score (nSPS) is 14.9. The van der Waals surface area contributed by atoms with Crippen LogP contribution in [0, 0.1) is 0 Å². The molecule has 2 unspecified atom stereocenters. The molecule has 34 heavy (non-hydrogen) atoms. The summed E-state index contributed by atoms with van der Waals surface area (Å²) >= 11 is 6.09. The Hall–Kier alpha value is -2.17. The van der Waals surface area contributed by atoms with E-state index in [9.17, 15) is 24.0 Å². The monoisotopic (exact) mass is 530 g/mol. The Kier molecular flexibility index (Phi) is 8.26. The Bertz CT molecular complexity index is 1220. The molecule has 2 atom stereocenters. The highest BCUT2D eigenvalue weighted by molar-refractivity contribution is 7.62. The molecule has 3 rings (SSSR count). The number of ether oxygens (including phenoxy) is 1. The maximum Gasteiger partial charge on any atom is 0.397 e. The number of benzene rings is 1. The van der Waals surface area contributed by atoms with Crippen molar-refractivity contribution in [2.45, 2.75) is 44.5 Å². The van der Waals surface area contributed by atoms with Crippen molar-refractivity contribution in [1.29, 1.82) is 0 Å². The van der Waals surface area contributed by atoms with E-state index in [0.717, 1.165) is 0 Å². The predicted octanol–water partition coefficient (Wildman–Crippen LogP) is 4.08. The summed E-state index contributed by atoms with van der Waals surface area (Å²) in [4.78, 5) is 32.0. The molecule has 0 radical (unpaired) electrons.